The first-order chi connectivity index (χ1) is 15.7. The van der Waals surface area contributed by atoms with Crippen LogP contribution in [0.4, 0.5) is 5.69 Å². The summed E-state index contributed by atoms with van der Waals surface area (Å²) < 4.78 is 5.56. The summed E-state index contributed by atoms with van der Waals surface area (Å²) in [4.78, 5) is 26.2. The number of rotatable bonds is 6. The van der Waals surface area contributed by atoms with Gasteiger partial charge in [-0.25, -0.2) is 0 Å². The molecular formula is C24H39IN6O2. The van der Waals surface area contributed by atoms with Gasteiger partial charge >= 0.3 is 0 Å². The van der Waals surface area contributed by atoms with E-state index in [0.29, 0.717) is 0 Å². The third-order valence-electron chi connectivity index (χ3n) is 6.74. The van der Waals surface area contributed by atoms with Gasteiger partial charge in [0.15, 0.2) is 5.96 Å². The molecule has 3 aliphatic rings. The number of carbonyl (C=O) groups is 1. The minimum Gasteiger partial charge on any atom is -0.369 e. The normalized spacial score (nSPS) is 22.3. The van der Waals surface area contributed by atoms with E-state index in [-0.39, 0.29) is 36.0 Å². The van der Waals surface area contributed by atoms with E-state index in [1.54, 1.807) is 0 Å². The number of nitrogens with zero attached hydrogens (tertiary/aromatic N) is 5. The SMILES string of the molecule is CN=C(NCCCN1CCN(c2ccccc2)CC1)N1CCN(C(=O)C2CCCO2)CC1.I. The van der Waals surface area contributed by atoms with Crippen molar-refractivity contribution in [3.05, 3.63) is 30.3 Å². The van der Waals surface area contributed by atoms with Gasteiger partial charge in [-0.05, 0) is 37.9 Å². The van der Waals surface area contributed by atoms with Gasteiger partial charge in [-0.15, -0.1) is 24.0 Å². The van der Waals surface area contributed by atoms with Gasteiger partial charge in [0, 0.05) is 78.2 Å². The molecule has 1 amide bonds. The molecule has 3 fully saturated rings. The highest BCUT2D eigenvalue weighted by molar-refractivity contribution is 14.0. The number of guanidine groups is 1. The summed E-state index contributed by atoms with van der Waals surface area (Å²) in [5.41, 5.74) is 1.33. The van der Waals surface area contributed by atoms with Gasteiger partial charge in [-0.1, -0.05) is 18.2 Å². The predicted octanol–water partition coefficient (Wildman–Crippen LogP) is 1.72. The van der Waals surface area contributed by atoms with Crippen LogP contribution in [0.1, 0.15) is 19.3 Å². The third-order valence-corrected chi connectivity index (χ3v) is 6.74. The van der Waals surface area contributed by atoms with Gasteiger partial charge in [0.2, 0.25) is 0 Å². The van der Waals surface area contributed by atoms with Crippen LogP contribution in [0.3, 0.4) is 0 Å². The van der Waals surface area contributed by atoms with Crippen LogP contribution in [0, 0.1) is 0 Å². The number of halogens is 1. The lowest BCUT2D eigenvalue weighted by atomic mass is 10.2. The van der Waals surface area contributed by atoms with Crippen LogP contribution in [0.25, 0.3) is 0 Å². The van der Waals surface area contributed by atoms with E-state index in [1.807, 2.05) is 11.9 Å². The molecule has 1 unspecified atom stereocenters. The van der Waals surface area contributed by atoms with Crippen molar-refractivity contribution in [3.63, 3.8) is 0 Å². The van der Waals surface area contributed by atoms with Crippen LogP contribution >= 0.6 is 24.0 Å². The Morgan fingerprint density at radius 3 is 2.36 bits per heavy atom. The first-order valence-corrected chi connectivity index (χ1v) is 12.1. The van der Waals surface area contributed by atoms with Crippen LogP contribution < -0.4 is 10.2 Å². The Hall–Kier alpha value is -1.59. The molecule has 1 atom stereocenters. The molecule has 3 saturated heterocycles. The summed E-state index contributed by atoms with van der Waals surface area (Å²) in [5.74, 6) is 1.11. The number of aliphatic imine (C=N–C) groups is 1. The lowest BCUT2D eigenvalue weighted by Gasteiger charge is -2.37. The fraction of sp³-hybridized carbons (Fsp3) is 0.667. The highest BCUT2D eigenvalue weighted by atomic mass is 127. The van der Waals surface area contributed by atoms with Crippen molar-refractivity contribution < 1.29 is 9.53 Å². The Balaban J connectivity index is 0.00000306. The van der Waals surface area contributed by atoms with Gasteiger partial charge < -0.3 is 24.8 Å². The molecule has 9 heteroatoms. The highest BCUT2D eigenvalue weighted by Gasteiger charge is 2.30. The zero-order valence-corrected chi connectivity index (χ0v) is 22.2. The molecule has 3 heterocycles. The second-order valence-corrected chi connectivity index (χ2v) is 8.81. The summed E-state index contributed by atoms with van der Waals surface area (Å²) in [5, 5.41) is 3.52. The molecule has 0 spiro atoms. The van der Waals surface area contributed by atoms with Crippen LogP contribution in [0.5, 0.6) is 0 Å². The number of carbonyl (C=O) groups excluding carboxylic acids is 1. The maximum Gasteiger partial charge on any atom is 0.251 e. The number of nitrogens with one attached hydrogen (secondary N) is 1. The van der Waals surface area contributed by atoms with Crippen LogP contribution in [0.15, 0.2) is 35.3 Å². The summed E-state index contributed by atoms with van der Waals surface area (Å²) in [7, 11) is 1.84. The summed E-state index contributed by atoms with van der Waals surface area (Å²) in [6, 6.07) is 10.7. The molecule has 8 nitrogen and oxygen atoms in total. The molecule has 4 rings (SSSR count). The molecule has 0 aliphatic carbocycles. The number of anilines is 1. The molecule has 184 valence electrons. The number of amides is 1. The minimum atomic E-state index is -0.214. The standard InChI is InChI=1S/C24H38N6O2.HI/c1-25-24(30-18-16-29(17-19-30)23(31)22-9-5-20-32-22)26-10-6-11-27-12-14-28(15-13-27)21-7-3-2-4-8-21;/h2-4,7-8,22H,5-6,9-20H2,1H3,(H,25,26);1H. The number of hydrogen-bond donors (Lipinski definition) is 1. The van der Waals surface area contributed by atoms with Crippen molar-refractivity contribution in [2.75, 3.05) is 84.0 Å². The maximum absolute atomic E-state index is 12.5. The maximum atomic E-state index is 12.5. The first kappa shape index (κ1) is 26.0. The van der Waals surface area contributed by atoms with E-state index in [9.17, 15) is 4.79 Å². The van der Waals surface area contributed by atoms with Crippen LogP contribution in [-0.2, 0) is 9.53 Å². The van der Waals surface area contributed by atoms with Gasteiger partial charge in [-0.2, -0.15) is 0 Å². The summed E-state index contributed by atoms with van der Waals surface area (Å²) in [6.45, 7) is 10.3. The van der Waals surface area contributed by atoms with Gasteiger partial charge in [0.25, 0.3) is 5.91 Å². The summed E-state index contributed by atoms with van der Waals surface area (Å²) in [6.07, 6.45) is 2.75. The highest BCUT2D eigenvalue weighted by Crippen LogP contribution is 2.17. The first-order valence-electron chi connectivity index (χ1n) is 12.1. The second-order valence-electron chi connectivity index (χ2n) is 8.81. The van der Waals surface area contributed by atoms with Crippen molar-refractivity contribution in [2.45, 2.75) is 25.4 Å². The Morgan fingerprint density at radius 1 is 1.03 bits per heavy atom. The quantitative estimate of drug-likeness (QED) is 0.243. The largest absolute Gasteiger partial charge is 0.369 e. The molecule has 3 aliphatic heterocycles. The molecule has 33 heavy (non-hydrogen) atoms. The molecule has 1 N–H and O–H groups in total. The molecule has 0 bridgehead atoms. The second kappa shape index (κ2) is 13.3. The monoisotopic (exact) mass is 570 g/mol. The van der Waals surface area contributed by atoms with Crippen LogP contribution in [-0.4, -0.2) is 112 Å². The Labute approximate surface area is 215 Å². The van der Waals surface area contributed by atoms with Crippen LogP contribution in [0.2, 0.25) is 0 Å². The average Bonchev–Trinajstić information content (AvgIpc) is 3.40. The summed E-state index contributed by atoms with van der Waals surface area (Å²) >= 11 is 0. The molecule has 1 aromatic rings. The molecule has 1 aromatic carbocycles. The Kier molecular flexibility index (Phi) is 10.5. The van der Waals surface area contributed by atoms with Gasteiger partial charge in [0.1, 0.15) is 6.10 Å². The topological polar surface area (TPSA) is 63.7 Å². The van der Waals surface area contributed by atoms with E-state index in [1.165, 1.54) is 5.69 Å². The smallest absolute Gasteiger partial charge is 0.251 e. The van der Waals surface area contributed by atoms with Gasteiger partial charge in [-0.3, -0.25) is 14.7 Å². The number of benzene rings is 1. The molecule has 0 saturated carbocycles. The molecular weight excluding hydrogens is 531 g/mol. The van der Waals surface area contributed by atoms with Gasteiger partial charge in [0.05, 0.1) is 0 Å². The average molecular weight is 571 g/mol. The zero-order valence-electron chi connectivity index (χ0n) is 19.8. The predicted molar refractivity (Wildman–Crippen MR) is 144 cm³/mol. The fourth-order valence-electron chi connectivity index (χ4n) is 4.82. The zero-order chi connectivity index (χ0) is 22.2. The fourth-order valence-corrected chi connectivity index (χ4v) is 4.82. The molecule has 0 aromatic heterocycles. The van der Waals surface area contributed by atoms with E-state index in [2.05, 4.69) is 55.3 Å². The Bertz CT molecular complexity index is 743. The van der Waals surface area contributed by atoms with Crippen molar-refractivity contribution in [1.29, 1.82) is 0 Å². The number of hydrogen-bond acceptors (Lipinski definition) is 5. The lowest BCUT2D eigenvalue weighted by Crippen LogP contribution is -2.55. The third kappa shape index (κ3) is 7.19. The van der Waals surface area contributed by atoms with E-state index in [4.69, 9.17) is 4.74 Å². The van der Waals surface area contributed by atoms with E-state index < -0.39 is 0 Å². The van der Waals surface area contributed by atoms with Crippen molar-refractivity contribution in [2.24, 2.45) is 4.99 Å². The van der Waals surface area contributed by atoms with Crippen molar-refractivity contribution in [3.8, 4) is 0 Å². The van der Waals surface area contributed by atoms with Crippen molar-refractivity contribution in [1.82, 2.24) is 20.0 Å². The number of piperazine rings is 2. The minimum absolute atomic E-state index is 0. The lowest BCUT2D eigenvalue weighted by molar-refractivity contribution is -0.142. The molecule has 0 radical (unpaired) electrons. The number of para-hydroxylation sites is 1. The van der Waals surface area contributed by atoms with E-state index in [0.717, 1.165) is 97.3 Å². The Morgan fingerprint density at radius 2 is 1.73 bits per heavy atom. The van der Waals surface area contributed by atoms with E-state index >= 15 is 0 Å². The van der Waals surface area contributed by atoms with Crippen molar-refractivity contribution >= 4 is 41.5 Å². The number of ether oxygens (including phenoxy) is 1.